The predicted octanol–water partition coefficient (Wildman–Crippen LogP) is 2.61. The molecule has 1 aliphatic carbocycles. The van der Waals surface area contributed by atoms with E-state index in [1.54, 1.807) is 0 Å². The van der Waals surface area contributed by atoms with E-state index in [4.69, 9.17) is 11.6 Å². The number of aliphatic hydroxyl groups excluding tert-OH is 1. The molecule has 19 heavy (non-hydrogen) atoms. The summed E-state index contributed by atoms with van der Waals surface area (Å²) in [6.07, 6.45) is 3.36. The van der Waals surface area contributed by atoms with Crippen molar-refractivity contribution < 1.29 is 10.0 Å². The molecule has 104 valence electrons. The maximum absolute atomic E-state index is 10.7. The number of hydrogen-bond acceptors (Lipinski definition) is 5. The summed E-state index contributed by atoms with van der Waals surface area (Å²) in [5, 5.41) is 23.3. The van der Waals surface area contributed by atoms with Gasteiger partial charge in [0.1, 0.15) is 11.0 Å². The molecule has 0 aromatic carbocycles. The van der Waals surface area contributed by atoms with E-state index in [0.717, 1.165) is 25.7 Å². The summed E-state index contributed by atoms with van der Waals surface area (Å²) < 4.78 is 0. The Kier molecular flexibility index (Phi) is 4.55. The van der Waals surface area contributed by atoms with Crippen LogP contribution in [0.1, 0.15) is 25.7 Å². The highest BCUT2D eigenvalue weighted by atomic mass is 35.5. The Morgan fingerprint density at radius 2 is 2.11 bits per heavy atom. The minimum atomic E-state index is -0.490. The Hall–Kier alpha value is -1.40. The second kappa shape index (κ2) is 6.16. The van der Waals surface area contributed by atoms with E-state index in [9.17, 15) is 15.2 Å². The van der Waals surface area contributed by atoms with Crippen LogP contribution in [-0.4, -0.2) is 27.7 Å². The van der Waals surface area contributed by atoms with Crippen LogP contribution in [0.2, 0.25) is 5.15 Å². The van der Waals surface area contributed by atoms with Gasteiger partial charge in [-0.1, -0.05) is 11.6 Å². The second-order valence-electron chi connectivity index (χ2n) is 4.85. The number of rotatable bonds is 4. The number of anilines is 1. The zero-order valence-electron chi connectivity index (χ0n) is 10.4. The molecule has 1 saturated carbocycles. The van der Waals surface area contributed by atoms with Crippen LogP contribution in [0.5, 0.6) is 0 Å². The van der Waals surface area contributed by atoms with Gasteiger partial charge in [-0.05, 0) is 31.6 Å². The Morgan fingerprint density at radius 1 is 1.42 bits per heavy atom. The van der Waals surface area contributed by atoms with E-state index in [-0.39, 0.29) is 16.9 Å². The fraction of sp³-hybridized carbons (Fsp3) is 0.583. The third-order valence-electron chi connectivity index (χ3n) is 3.38. The first-order valence-electron chi connectivity index (χ1n) is 6.28. The van der Waals surface area contributed by atoms with Gasteiger partial charge in [-0.3, -0.25) is 10.1 Å². The fourth-order valence-corrected chi connectivity index (χ4v) is 2.48. The van der Waals surface area contributed by atoms with Gasteiger partial charge in [0.25, 0.3) is 5.69 Å². The Bertz CT molecular complexity index is 462. The lowest BCUT2D eigenvalue weighted by atomic mass is 9.87. The highest BCUT2D eigenvalue weighted by Gasteiger charge is 2.19. The molecular formula is C12H16ClN3O3. The lowest BCUT2D eigenvalue weighted by Crippen LogP contribution is -2.23. The molecule has 1 aliphatic rings. The molecule has 1 aromatic heterocycles. The molecule has 0 amide bonds. The molecule has 2 N–H and O–H groups in total. The number of aliphatic hydroxyl groups is 1. The van der Waals surface area contributed by atoms with Gasteiger partial charge >= 0.3 is 0 Å². The van der Waals surface area contributed by atoms with E-state index in [1.165, 1.54) is 12.1 Å². The Balaban J connectivity index is 1.94. The maximum Gasteiger partial charge on any atom is 0.276 e. The highest BCUT2D eigenvalue weighted by Crippen LogP contribution is 2.25. The van der Waals surface area contributed by atoms with Gasteiger partial charge in [-0.25, -0.2) is 4.98 Å². The molecule has 1 aromatic rings. The zero-order valence-corrected chi connectivity index (χ0v) is 11.1. The van der Waals surface area contributed by atoms with Crippen molar-refractivity contribution in [1.82, 2.24) is 4.98 Å². The van der Waals surface area contributed by atoms with Crippen molar-refractivity contribution in [2.45, 2.75) is 31.8 Å². The number of aromatic nitrogens is 1. The van der Waals surface area contributed by atoms with Crippen molar-refractivity contribution >= 4 is 23.1 Å². The molecule has 0 bridgehead atoms. The summed E-state index contributed by atoms with van der Waals surface area (Å²) in [7, 11) is 0. The first kappa shape index (κ1) is 14.0. The van der Waals surface area contributed by atoms with E-state index in [0.29, 0.717) is 18.3 Å². The van der Waals surface area contributed by atoms with Crippen LogP contribution in [0, 0.1) is 16.0 Å². The molecule has 0 unspecified atom stereocenters. The summed E-state index contributed by atoms with van der Waals surface area (Å²) in [4.78, 5) is 14.2. The van der Waals surface area contributed by atoms with Crippen molar-refractivity contribution in [3.8, 4) is 0 Å². The first-order chi connectivity index (χ1) is 9.04. The first-order valence-corrected chi connectivity index (χ1v) is 6.66. The molecule has 0 atom stereocenters. The summed E-state index contributed by atoms with van der Waals surface area (Å²) in [6, 6.07) is 2.60. The van der Waals surface area contributed by atoms with Crippen LogP contribution in [-0.2, 0) is 0 Å². The van der Waals surface area contributed by atoms with Crippen LogP contribution in [0.3, 0.4) is 0 Å². The number of hydrogen-bond donors (Lipinski definition) is 2. The van der Waals surface area contributed by atoms with Crippen LogP contribution in [0.25, 0.3) is 0 Å². The van der Waals surface area contributed by atoms with Crippen molar-refractivity contribution in [3.05, 3.63) is 27.4 Å². The van der Waals surface area contributed by atoms with Gasteiger partial charge in [0, 0.05) is 6.54 Å². The maximum atomic E-state index is 10.7. The molecule has 1 fully saturated rings. The number of halogens is 1. The van der Waals surface area contributed by atoms with Crippen LogP contribution >= 0.6 is 11.6 Å². The van der Waals surface area contributed by atoms with Crippen molar-refractivity contribution in [2.24, 2.45) is 5.92 Å². The van der Waals surface area contributed by atoms with E-state index in [2.05, 4.69) is 10.3 Å². The average molecular weight is 286 g/mol. The molecule has 7 heteroatoms. The van der Waals surface area contributed by atoms with Gasteiger partial charge in [0.05, 0.1) is 23.2 Å². The SMILES string of the molecule is O=[N+]([O-])c1cc(Cl)nc(NCC2CCC(O)CC2)c1. The lowest BCUT2D eigenvalue weighted by Gasteiger charge is -2.25. The minimum Gasteiger partial charge on any atom is -0.393 e. The van der Waals surface area contributed by atoms with Crippen molar-refractivity contribution in [3.63, 3.8) is 0 Å². The van der Waals surface area contributed by atoms with E-state index in [1.807, 2.05) is 0 Å². The summed E-state index contributed by atoms with van der Waals surface area (Å²) in [5.41, 5.74) is -0.0680. The van der Waals surface area contributed by atoms with Crippen molar-refractivity contribution in [2.75, 3.05) is 11.9 Å². The molecule has 0 saturated heterocycles. The normalized spacial score (nSPS) is 23.1. The quantitative estimate of drug-likeness (QED) is 0.504. The second-order valence-corrected chi connectivity index (χ2v) is 5.23. The Labute approximate surface area is 116 Å². The number of nitro groups is 1. The smallest absolute Gasteiger partial charge is 0.276 e. The molecule has 2 rings (SSSR count). The topological polar surface area (TPSA) is 88.3 Å². The van der Waals surface area contributed by atoms with Crippen LogP contribution < -0.4 is 5.32 Å². The molecule has 1 heterocycles. The van der Waals surface area contributed by atoms with Gasteiger partial charge < -0.3 is 10.4 Å². The molecule has 6 nitrogen and oxygen atoms in total. The van der Waals surface area contributed by atoms with Gasteiger partial charge in [0.2, 0.25) is 0 Å². The van der Waals surface area contributed by atoms with Gasteiger partial charge in [0.15, 0.2) is 0 Å². The summed E-state index contributed by atoms with van der Waals surface area (Å²) >= 11 is 5.75. The van der Waals surface area contributed by atoms with E-state index >= 15 is 0 Å². The minimum absolute atomic E-state index is 0.0680. The summed E-state index contributed by atoms with van der Waals surface area (Å²) in [6.45, 7) is 0.692. The standard InChI is InChI=1S/C12H16ClN3O3/c13-11-5-9(16(18)19)6-12(15-11)14-7-8-1-3-10(17)4-2-8/h5-6,8,10,17H,1-4,7H2,(H,14,15). The third-order valence-corrected chi connectivity index (χ3v) is 3.57. The highest BCUT2D eigenvalue weighted by molar-refractivity contribution is 6.29. The molecule has 0 spiro atoms. The number of nitrogens with one attached hydrogen (secondary N) is 1. The van der Waals surface area contributed by atoms with E-state index < -0.39 is 4.92 Å². The number of nitrogens with zero attached hydrogens (tertiary/aromatic N) is 2. The molecular weight excluding hydrogens is 270 g/mol. The van der Waals surface area contributed by atoms with Crippen LogP contribution in [0.4, 0.5) is 11.5 Å². The summed E-state index contributed by atoms with van der Waals surface area (Å²) in [5.74, 6) is 0.883. The average Bonchev–Trinajstić information content (AvgIpc) is 2.37. The lowest BCUT2D eigenvalue weighted by molar-refractivity contribution is -0.384. The molecule has 0 aliphatic heterocycles. The largest absolute Gasteiger partial charge is 0.393 e. The predicted molar refractivity (Wildman–Crippen MR) is 72.4 cm³/mol. The zero-order chi connectivity index (χ0) is 13.8. The number of pyridine rings is 1. The van der Waals surface area contributed by atoms with Gasteiger partial charge in [-0.15, -0.1) is 0 Å². The van der Waals surface area contributed by atoms with Crippen LogP contribution in [0.15, 0.2) is 12.1 Å². The van der Waals surface area contributed by atoms with Gasteiger partial charge in [-0.2, -0.15) is 0 Å². The third kappa shape index (κ3) is 4.04. The monoisotopic (exact) mass is 285 g/mol. The molecule has 0 radical (unpaired) electrons. The Morgan fingerprint density at radius 3 is 2.74 bits per heavy atom. The van der Waals surface area contributed by atoms with Crippen molar-refractivity contribution in [1.29, 1.82) is 0 Å². The fourth-order valence-electron chi connectivity index (χ4n) is 2.28.